The molecule has 1 unspecified atom stereocenters. The van der Waals surface area contributed by atoms with Gasteiger partial charge in [-0.15, -0.1) is 0 Å². The monoisotopic (exact) mass is 1050 g/mol. The van der Waals surface area contributed by atoms with Crippen molar-refractivity contribution in [1.29, 1.82) is 0 Å². The van der Waals surface area contributed by atoms with Crippen LogP contribution in [0.15, 0.2) is 72.9 Å². The smallest absolute Gasteiger partial charge is 0.306 e. The summed E-state index contributed by atoms with van der Waals surface area (Å²) in [5.41, 5.74) is 0. The second kappa shape index (κ2) is 63.4. The molecule has 434 valence electrons. The van der Waals surface area contributed by atoms with E-state index in [-0.39, 0.29) is 31.1 Å². The Morgan fingerprint density at radius 3 is 0.853 bits per heavy atom. The third-order valence-electron chi connectivity index (χ3n) is 14.1. The van der Waals surface area contributed by atoms with Crippen LogP contribution in [0.2, 0.25) is 0 Å². The molecule has 6 nitrogen and oxygen atoms in total. The molecule has 0 aliphatic heterocycles. The summed E-state index contributed by atoms with van der Waals surface area (Å²) in [6.45, 7) is 6.53. The SMILES string of the molecule is CCC/C=C\CCCCCCCC(=O)OCC(COC(=O)CCCCCCCCCCCCCCCCCCCC/C=C\C/C=C\C/C=C\CCCCCCC)OC(=O)CCCCCCC/C=C\C/C=C\CCCC. The van der Waals surface area contributed by atoms with Gasteiger partial charge in [0.05, 0.1) is 0 Å². The number of carbonyl (C=O) groups excluding carboxylic acids is 3. The van der Waals surface area contributed by atoms with E-state index in [1.165, 1.54) is 180 Å². The number of hydrogen-bond donors (Lipinski definition) is 0. The lowest BCUT2D eigenvalue weighted by atomic mass is 10.0. The number of carbonyl (C=O) groups is 3. The minimum absolute atomic E-state index is 0.0812. The number of allylic oxidation sites excluding steroid dienone is 12. The second-order valence-corrected chi connectivity index (χ2v) is 21.7. The largest absolute Gasteiger partial charge is 0.462 e. The van der Waals surface area contributed by atoms with Crippen molar-refractivity contribution in [2.75, 3.05) is 13.2 Å². The predicted molar refractivity (Wildman–Crippen MR) is 325 cm³/mol. The second-order valence-electron chi connectivity index (χ2n) is 21.7. The van der Waals surface area contributed by atoms with Crippen LogP contribution < -0.4 is 0 Å². The number of esters is 3. The molecule has 0 aromatic rings. The highest BCUT2D eigenvalue weighted by Gasteiger charge is 2.19. The molecule has 0 N–H and O–H groups in total. The number of rotatable bonds is 59. The first-order chi connectivity index (χ1) is 37.0. The normalized spacial score (nSPS) is 12.5. The molecule has 0 aliphatic carbocycles. The lowest BCUT2D eigenvalue weighted by molar-refractivity contribution is -0.167. The minimum Gasteiger partial charge on any atom is -0.462 e. The standard InChI is InChI=1S/C69H122O6/c1-4-7-10-13-16-19-22-24-26-27-28-29-30-31-32-33-34-35-36-37-38-39-40-41-42-43-44-46-47-50-53-56-59-62-68(71)74-65-66(64-73-67(70)61-58-55-52-49-21-18-15-12-9-6-3)75-69(72)63-60-57-54-51-48-45-25-23-20-17-14-11-8-5-2/h12,14-15,17,22-25,27-28,30-31,66H,4-11,13,16,18-21,26,29,32-65H2,1-3H3/b15-12-,17-14-,24-22-,25-23-,28-27-,31-30-. The Morgan fingerprint density at radius 1 is 0.267 bits per heavy atom. The molecule has 0 bridgehead atoms. The summed E-state index contributed by atoms with van der Waals surface area (Å²) < 4.78 is 16.8. The van der Waals surface area contributed by atoms with Crippen molar-refractivity contribution in [2.45, 2.75) is 335 Å². The molecule has 0 heterocycles. The Bertz CT molecular complexity index is 1390. The van der Waals surface area contributed by atoms with Gasteiger partial charge in [0.15, 0.2) is 6.10 Å². The molecule has 0 aromatic heterocycles. The fourth-order valence-electron chi connectivity index (χ4n) is 9.24. The van der Waals surface area contributed by atoms with Crippen LogP contribution in [0.4, 0.5) is 0 Å². The Morgan fingerprint density at radius 2 is 0.520 bits per heavy atom. The Hall–Kier alpha value is -3.15. The Balaban J connectivity index is 4.07. The average molecular weight is 1050 g/mol. The van der Waals surface area contributed by atoms with Crippen LogP contribution in [0.1, 0.15) is 329 Å². The third-order valence-corrected chi connectivity index (χ3v) is 14.1. The van der Waals surface area contributed by atoms with E-state index in [0.29, 0.717) is 19.3 Å². The highest BCUT2D eigenvalue weighted by Crippen LogP contribution is 2.17. The average Bonchev–Trinajstić information content (AvgIpc) is 3.41. The van der Waals surface area contributed by atoms with Crippen molar-refractivity contribution in [1.82, 2.24) is 0 Å². The van der Waals surface area contributed by atoms with Crippen molar-refractivity contribution < 1.29 is 28.6 Å². The predicted octanol–water partition coefficient (Wildman–Crippen LogP) is 22.1. The maximum absolute atomic E-state index is 12.8. The van der Waals surface area contributed by atoms with Gasteiger partial charge in [-0.1, -0.05) is 280 Å². The van der Waals surface area contributed by atoms with Gasteiger partial charge in [-0.25, -0.2) is 0 Å². The first kappa shape index (κ1) is 71.8. The van der Waals surface area contributed by atoms with Crippen molar-refractivity contribution in [3.8, 4) is 0 Å². The van der Waals surface area contributed by atoms with Crippen molar-refractivity contribution in [2.24, 2.45) is 0 Å². The van der Waals surface area contributed by atoms with Crippen molar-refractivity contribution in [3.63, 3.8) is 0 Å². The highest BCUT2D eigenvalue weighted by molar-refractivity contribution is 5.71. The highest BCUT2D eigenvalue weighted by atomic mass is 16.6. The zero-order valence-electron chi connectivity index (χ0n) is 49.8. The molecule has 75 heavy (non-hydrogen) atoms. The molecule has 0 spiro atoms. The summed E-state index contributed by atoms with van der Waals surface area (Å²) in [4.78, 5) is 38.1. The van der Waals surface area contributed by atoms with E-state index < -0.39 is 6.10 Å². The third kappa shape index (κ3) is 61.6. The zero-order valence-corrected chi connectivity index (χ0v) is 49.8. The topological polar surface area (TPSA) is 78.9 Å². The summed E-state index contributed by atoms with van der Waals surface area (Å²) in [5, 5.41) is 0. The van der Waals surface area contributed by atoms with Gasteiger partial charge in [0, 0.05) is 19.3 Å². The lowest BCUT2D eigenvalue weighted by Crippen LogP contribution is -2.30. The van der Waals surface area contributed by atoms with E-state index in [0.717, 1.165) is 109 Å². The summed E-state index contributed by atoms with van der Waals surface area (Å²) in [5.74, 6) is -0.895. The summed E-state index contributed by atoms with van der Waals surface area (Å²) in [6, 6.07) is 0. The molecular formula is C69H122O6. The van der Waals surface area contributed by atoms with Crippen LogP contribution in [-0.4, -0.2) is 37.2 Å². The molecule has 6 heteroatoms. The van der Waals surface area contributed by atoms with Crippen molar-refractivity contribution >= 4 is 17.9 Å². The first-order valence-corrected chi connectivity index (χ1v) is 32.4. The summed E-state index contributed by atoms with van der Waals surface area (Å²) in [6.07, 6.45) is 82.2. The summed E-state index contributed by atoms with van der Waals surface area (Å²) in [7, 11) is 0. The maximum Gasteiger partial charge on any atom is 0.306 e. The quantitative estimate of drug-likeness (QED) is 0.0261. The van der Waals surface area contributed by atoms with Gasteiger partial charge in [0.1, 0.15) is 13.2 Å². The van der Waals surface area contributed by atoms with Gasteiger partial charge >= 0.3 is 17.9 Å². The van der Waals surface area contributed by atoms with Crippen LogP contribution in [0.25, 0.3) is 0 Å². The number of ether oxygens (including phenoxy) is 3. The maximum atomic E-state index is 12.8. The van der Waals surface area contributed by atoms with E-state index in [4.69, 9.17) is 14.2 Å². The molecule has 0 radical (unpaired) electrons. The number of hydrogen-bond acceptors (Lipinski definition) is 6. The first-order valence-electron chi connectivity index (χ1n) is 32.4. The fourth-order valence-corrected chi connectivity index (χ4v) is 9.24. The lowest BCUT2D eigenvalue weighted by Gasteiger charge is -2.18. The van der Waals surface area contributed by atoms with Crippen LogP contribution in [0, 0.1) is 0 Å². The van der Waals surface area contributed by atoms with Gasteiger partial charge in [0.25, 0.3) is 0 Å². The molecule has 0 aromatic carbocycles. The van der Waals surface area contributed by atoms with Crippen LogP contribution >= 0.6 is 0 Å². The van der Waals surface area contributed by atoms with E-state index in [9.17, 15) is 14.4 Å². The molecule has 0 aliphatic rings. The minimum atomic E-state index is -0.784. The van der Waals surface area contributed by atoms with Crippen LogP contribution in [-0.2, 0) is 28.6 Å². The Kier molecular flexibility index (Phi) is 60.7. The van der Waals surface area contributed by atoms with Gasteiger partial charge in [-0.05, 0) is 103 Å². The van der Waals surface area contributed by atoms with E-state index in [1.807, 2.05) is 0 Å². The van der Waals surface area contributed by atoms with Crippen LogP contribution in [0.3, 0.4) is 0 Å². The number of unbranched alkanes of at least 4 members (excludes halogenated alkanes) is 36. The zero-order chi connectivity index (χ0) is 54.3. The van der Waals surface area contributed by atoms with Gasteiger partial charge in [-0.3, -0.25) is 14.4 Å². The van der Waals surface area contributed by atoms with E-state index >= 15 is 0 Å². The molecule has 1 atom stereocenters. The van der Waals surface area contributed by atoms with E-state index in [1.54, 1.807) is 0 Å². The molecule has 0 rings (SSSR count). The van der Waals surface area contributed by atoms with Gasteiger partial charge in [0.2, 0.25) is 0 Å². The van der Waals surface area contributed by atoms with Crippen LogP contribution in [0.5, 0.6) is 0 Å². The summed E-state index contributed by atoms with van der Waals surface area (Å²) >= 11 is 0. The molecule has 0 saturated heterocycles. The molecule has 0 saturated carbocycles. The Labute approximate surface area is 465 Å². The fraction of sp³-hybridized carbons (Fsp3) is 0.783. The van der Waals surface area contributed by atoms with Gasteiger partial charge in [-0.2, -0.15) is 0 Å². The van der Waals surface area contributed by atoms with E-state index in [2.05, 4.69) is 93.7 Å². The molecular weight excluding hydrogens is 925 g/mol. The van der Waals surface area contributed by atoms with Crippen molar-refractivity contribution in [3.05, 3.63) is 72.9 Å². The van der Waals surface area contributed by atoms with Gasteiger partial charge < -0.3 is 14.2 Å². The molecule has 0 fully saturated rings. The molecule has 0 amide bonds.